The van der Waals surface area contributed by atoms with Crippen molar-refractivity contribution in [2.45, 2.75) is 50.1 Å². The smallest absolute Gasteiger partial charge is 0.243 e. The van der Waals surface area contributed by atoms with Crippen LogP contribution in [0.1, 0.15) is 43.6 Å². The molecule has 2 atom stereocenters. The van der Waals surface area contributed by atoms with E-state index in [-0.39, 0.29) is 12.1 Å². The topological polar surface area (TPSA) is 50.5 Å². The van der Waals surface area contributed by atoms with Crippen LogP contribution in [0.3, 0.4) is 0 Å². The monoisotopic (exact) mass is 319 g/mol. The fourth-order valence-corrected chi connectivity index (χ4v) is 5.00. The summed E-state index contributed by atoms with van der Waals surface area (Å²) in [6, 6.07) is 10.5. The molecule has 0 saturated carbocycles. The summed E-state index contributed by atoms with van der Waals surface area (Å²) in [4.78, 5) is 0.350. The van der Waals surface area contributed by atoms with Gasteiger partial charge in [0.1, 0.15) is 5.76 Å². The number of benzene rings is 1. The molecule has 0 amide bonds. The number of aryl methyl sites for hydroxylation is 1. The highest BCUT2D eigenvalue weighted by Crippen LogP contribution is 2.38. The lowest BCUT2D eigenvalue weighted by molar-refractivity contribution is 0.172. The van der Waals surface area contributed by atoms with E-state index in [1.54, 1.807) is 22.7 Å². The van der Waals surface area contributed by atoms with Crippen molar-refractivity contribution in [3.05, 3.63) is 54.0 Å². The van der Waals surface area contributed by atoms with Gasteiger partial charge in [-0.2, -0.15) is 4.31 Å². The predicted molar refractivity (Wildman–Crippen MR) is 85.0 cm³/mol. The van der Waals surface area contributed by atoms with Gasteiger partial charge in [0, 0.05) is 6.04 Å². The van der Waals surface area contributed by atoms with E-state index in [9.17, 15) is 8.42 Å². The molecular formula is C17H21NO3S. The Morgan fingerprint density at radius 3 is 2.50 bits per heavy atom. The van der Waals surface area contributed by atoms with Crippen LogP contribution in [0.25, 0.3) is 0 Å². The fraction of sp³-hybridized carbons (Fsp3) is 0.412. The minimum absolute atomic E-state index is 0.0323. The van der Waals surface area contributed by atoms with E-state index >= 15 is 0 Å². The van der Waals surface area contributed by atoms with Crippen LogP contribution in [0.15, 0.2) is 52.0 Å². The molecule has 0 N–H and O–H groups in total. The fourth-order valence-electron chi connectivity index (χ4n) is 3.15. The molecule has 1 fully saturated rings. The molecule has 4 nitrogen and oxygen atoms in total. The molecule has 5 heteroatoms. The molecule has 0 radical (unpaired) electrons. The van der Waals surface area contributed by atoms with Gasteiger partial charge in [0.2, 0.25) is 10.0 Å². The van der Waals surface area contributed by atoms with Gasteiger partial charge < -0.3 is 4.42 Å². The standard InChI is InChI=1S/C17H21NO3S/c1-13-8-10-15(11-9-13)22(19,20)18-14(2)5-3-6-16(18)17-7-4-12-21-17/h4,7-12,14,16H,3,5-6H2,1-2H3/t14-,16-/m1/s1. The van der Waals surface area contributed by atoms with Crippen LogP contribution in [-0.4, -0.2) is 18.8 Å². The third-order valence-electron chi connectivity index (χ3n) is 4.31. The molecule has 0 unspecified atom stereocenters. The first-order valence-electron chi connectivity index (χ1n) is 7.64. The highest BCUT2D eigenvalue weighted by molar-refractivity contribution is 7.89. The zero-order valence-corrected chi connectivity index (χ0v) is 13.7. The molecule has 0 bridgehead atoms. The molecule has 1 aromatic carbocycles. The first-order chi connectivity index (χ1) is 10.5. The maximum Gasteiger partial charge on any atom is 0.243 e. The highest BCUT2D eigenvalue weighted by atomic mass is 32.2. The van der Waals surface area contributed by atoms with Crippen LogP contribution in [0, 0.1) is 6.92 Å². The van der Waals surface area contributed by atoms with Gasteiger partial charge >= 0.3 is 0 Å². The van der Waals surface area contributed by atoms with Crippen molar-refractivity contribution in [2.24, 2.45) is 0 Å². The van der Waals surface area contributed by atoms with Gasteiger partial charge in [-0.05, 0) is 57.4 Å². The average Bonchev–Trinajstić information content (AvgIpc) is 3.01. The van der Waals surface area contributed by atoms with Crippen LogP contribution in [0.2, 0.25) is 0 Å². The lowest BCUT2D eigenvalue weighted by Crippen LogP contribution is -2.44. The summed E-state index contributed by atoms with van der Waals surface area (Å²) in [6.07, 6.45) is 4.28. The summed E-state index contributed by atoms with van der Waals surface area (Å²) in [5, 5.41) is 0. The molecule has 0 aliphatic carbocycles. The van der Waals surface area contributed by atoms with E-state index in [4.69, 9.17) is 4.42 Å². The Balaban J connectivity index is 2.03. The Bertz CT molecular complexity index is 720. The molecule has 1 aliphatic rings. The highest BCUT2D eigenvalue weighted by Gasteiger charge is 2.39. The predicted octanol–water partition coefficient (Wildman–Crippen LogP) is 3.89. The van der Waals surface area contributed by atoms with E-state index in [2.05, 4.69) is 0 Å². The van der Waals surface area contributed by atoms with E-state index in [0.29, 0.717) is 4.90 Å². The molecule has 118 valence electrons. The maximum absolute atomic E-state index is 13.1. The van der Waals surface area contributed by atoms with Crippen LogP contribution >= 0.6 is 0 Å². The summed E-state index contributed by atoms with van der Waals surface area (Å²) in [7, 11) is -3.53. The van der Waals surface area contributed by atoms with Gasteiger partial charge in [0.05, 0.1) is 17.2 Å². The van der Waals surface area contributed by atoms with Gasteiger partial charge in [0.25, 0.3) is 0 Å². The summed E-state index contributed by atoms with van der Waals surface area (Å²) in [5.41, 5.74) is 1.05. The third kappa shape index (κ3) is 2.71. The van der Waals surface area contributed by atoms with E-state index in [0.717, 1.165) is 30.6 Å². The number of furan rings is 1. The largest absolute Gasteiger partial charge is 0.468 e. The van der Waals surface area contributed by atoms with E-state index in [1.165, 1.54) is 0 Å². The second-order valence-corrected chi connectivity index (χ2v) is 7.80. The second-order valence-electron chi connectivity index (χ2n) is 5.96. The molecule has 1 saturated heterocycles. The van der Waals surface area contributed by atoms with E-state index in [1.807, 2.05) is 38.1 Å². The number of sulfonamides is 1. The Morgan fingerprint density at radius 1 is 1.14 bits per heavy atom. The van der Waals surface area contributed by atoms with Crippen molar-refractivity contribution in [2.75, 3.05) is 0 Å². The number of piperidine rings is 1. The molecule has 2 heterocycles. The Hall–Kier alpha value is -1.59. The van der Waals surface area contributed by atoms with Crippen LogP contribution in [0.5, 0.6) is 0 Å². The van der Waals surface area contributed by atoms with Crippen LogP contribution in [-0.2, 0) is 10.0 Å². The molecule has 1 aliphatic heterocycles. The minimum Gasteiger partial charge on any atom is -0.468 e. The number of hydrogen-bond acceptors (Lipinski definition) is 3. The van der Waals surface area contributed by atoms with Crippen molar-refractivity contribution < 1.29 is 12.8 Å². The molecule has 3 rings (SSSR count). The third-order valence-corrected chi connectivity index (χ3v) is 6.35. The van der Waals surface area contributed by atoms with Gasteiger partial charge in [0.15, 0.2) is 0 Å². The quantitative estimate of drug-likeness (QED) is 0.862. The summed E-state index contributed by atoms with van der Waals surface area (Å²) >= 11 is 0. The van der Waals surface area contributed by atoms with Gasteiger partial charge in [-0.25, -0.2) is 8.42 Å². The van der Waals surface area contributed by atoms with Crippen molar-refractivity contribution in [1.82, 2.24) is 4.31 Å². The molecule has 1 aromatic heterocycles. The zero-order valence-electron chi connectivity index (χ0n) is 12.9. The molecular weight excluding hydrogens is 298 g/mol. The summed E-state index contributed by atoms with van der Waals surface area (Å²) in [6.45, 7) is 3.92. The van der Waals surface area contributed by atoms with Crippen LogP contribution in [0.4, 0.5) is 0 Å². The van der Waals surface area contributed by atoms with Crippen molar-refractivity contribution >= 4 is 10.0 Å². The lowest BCUT2D eigenvalue weighted by Gasteiger charge is -2.38. The number of rotatable bonds is 3. The summed E-state index contributed by atoms with van der Waals surface area (Å²) in [5.74, 6) is 0.724. The second kappa shape index (κ2) is 5.89. The summed E-state index contributed by atoms with van der Waals surface area (Å²) < 4.78 is 33.3. The van der Waals surface area contributed by atoms with Gasteiger partial charge in [-0.1, -0.05) is 17.7 Å². The van der Waals surface area contributed by atoms with E-state index < -0.39 is 10.0 Å². The Kier molecular flexibility index (Phi) is 4.10. The van der Waals surface area contributed by atoms with Crippen molar-refractivity contribution in [3.63, 3.8) is 0 Å². The SMILES string of the molecule is Cc1ccc(S(=O)(=O)N2[C@H](C)CCC[C@@H]2c2ccco2)cc1. The normalized spacial score (nSPS) is 23.5. The first kappa shape index (κ1) is 15.3. The molecule has 22 heavy (non-hydrogen) atoms. The Labute approximate surface area is 131 Å². The van der Waals surface area contributed by atoms with Crippen molar-refractivity contribution in [3.8, 4) is 0 Å². The molecule has 2 aromatic rings. The molecule has 0 spiro atoms. The van der Waals surface area contributed by atoms with Gasteiger partial charge in [-0.15, -0.1) is 0 Å². The Morgan fingerprint density at radius 2 is 1.86 bits per heavy atom. The number of nitrogens with zero attached hydrogens (tertiary/aromatic N) is 1. The average molecular weight is 319 g/mol. The number of hydrogen-bond donors (Lipinski definition) is 0. The minimum atomic E-state index is -3.53. The van der Waals surface area contributed by atoms with Gasteiger partial charge in [-0.3, -0.25) is 0 Å². The lowest BCUT2D eigenvalue weighted by atomic mass is 9.98. The van der Waals surface area contributed by atoms with Crippen molar-refractivity contribution in [1.29, 1.82) is 0 Å². The zero-order chi connectivity index (χ0) is 15.7. The maximum atomic E-state index is 13.1. The van der Waals surface area contributed by atoms with Crippen LogP contribution < -0.4 is 0 Å². The first-order valence-corrected chi connectivity index (χ1v) is 9.08.